The van der Waals surface area contributed by atoms with Crippen LogP contribution in [-0.2, 0) is 11.4 Å². The second kappa shape index (κ2) is 9.22. The third-order valence-electron chi connectivity index (χ3n) is 4.69. The molecule has 1 heterocycles. The summed E-state index contributed by atoms with van der Waals surface area (Å²) >= 11 is 0. The normalized spacial score (nSPS) is 13.2. The highest BCUT2D eigenvalue weighted by atomic mass is 16.6. The van der Waals surface area contributed by atoms with E-state index in [9.17, 15) is 4.79 Å². The molecule has 6 heteroatoms. The number of amides is 1. The first-order valence-electron chi connectivity index (χ1n) is 9.91. The molecule has 1 amide bonds. The summed E-state index contributed by atoms with van der Waals surface area (Å²) in [6.07, 6.45) is 0. The molecular formula is C24H24N2O4. The summed E-state index contributed by atoms with van der Waals surface area (Å²) in [6, 6.07) is 22.5. The Kier molecular flexibility index (Phi) is 6.03. The summed E-state index contributed by atoms with van der Waals surface area (Å²) in [5, 5.41) is 6.10. The van der Waals surface area contributed by atoms with E-state index in [2.05, 4.69) is 10.6 Å². The standard InChI is InChI=1S/C24H24N2O4/c1-17(25-20-9-12-22-23(15-20)29-14-13-28-22)24(27)26-19-7-10-21(11-8-19)30-16-18-5-3-2-4-6-18/h2-12,15,17,25H,13-14,16H2,1H3,(H,26,27)/t17-/m1/s1. The van der Waals surface area contributed by atoms with E-state index >= 15 is 0 Å². The van der Waals surface area contributed by atoms with E-state index in [0.29, 0.717) is 31.3 Å². The van der Waals surface area contributed by atoms with Crippen molar-refractivity contribution in [3.05, 3.63) is 78.4 Å². The summed E-state index contributed by atoms with van der Waals surface area (Å²) in [5.41, 5.74) is 2.61. The number of anilines is 2. The number of hydrogen-bond donors (Lipinski definition) is 2. The Labute approximate surface area is 175 Å². The largest absolute Gasteiger partial charge is 0.489 e. The van der Waals surface area contributed by atoms with Crippen LogP contribution in [0.3, 0.4) is 0 Å². The fraction of sp³-hybridized carbons (Fsp3) is 0.208. The van der Waals surface area contributed by atoms with Gasteiger partial charge in [-0.25, -0.2) is 0 Å². The quantitative estimate of drug-likeness (QED) is 0.608. The number of benzene rings is 3. The van der Waals surface area contributed by atoms with E-state index < -0.39 is 6.04 Å². The molecule has 1 atom stereocenters. The number of carbonyl (C=O) groups is 1. The minimum atomic E-state index is -0.429. The zero-order valence-electron chi connectivity index (χ0n) is 16.8. The lowest BCUT2D eigenvalue weighted by molar-refractivity contribution is -0.116. The SMILES string of the molecule is C[C@@H](Nc1ccc2c(c1)OCCO2)C(=O)Nc1ccc(OCc2ccccc2)cc1. The maximum atomic E-state index is 12.5. The monoisotopic (exact) mass is 404 g/mol. The lowest BCUT2D eigenvalue weighted by Crippen LogP contribution is -2.31. The molecule has 0 aliphatic carbocycles. The van der Waals surface area contributed by atoms with Crippen LogP contribution in [-0.4, -0.2) is 25.2 Å². The van der Waals surface area contributed by atoms with E-state index in [-0.39, 0.29) is 5.91 Å². The van der Waals surface area contributed by atoms with Gasteiger partial charge in [0.15, 0.2) is 11.5 Å². The van der Waals surface area contributed by atoms with Gasteiger partial charge in [0, 0.05) is 17.4 Å². The Bertz CT molecular complexity index is 990. The summed E-state index contributed by atoms with van der Waals surface area (Å²) in [5.74, 6) is 2.02. The smallest absolute Gasteiger partial charge is 0.246 e. The molecule has 3 aromatic rings. The molecule has 0 bridgehead atoms. The molecule has 0 fully saturated rings. The highest BCUT2D eigenvalue weighted by Crippen LogP contribution is 2.32. The molecule has 0 spiro atoms. The molecule has 2 N–H and O–H groups in total. The molecule has 30 heavy (non-hydrogen) atoms. The van der Waals surface area contributed by atoms with Gasteiger partial charge in [-0.2, -0.15) is 0 Å². The Hall–Kier alpha value is -3.67. The highest BCUT2D eigenvalue weighted by molar-refractivity contribution is 5.96. The third kappa shape index (κ3) is 5.03. The molecule has 154 valence electrons. The van der Waals surface area contributed by atoms with Crippen LogP contribution in [0.15, 0.2) is 72.8 Å². The Morgan fingerprint density at radius 2 is 1.63 bits per heavy atom. The predicted molar refractivity (Wildman–Crippen MR) is 116 cm³/mol. The van der Waals surface area contributed by atoms with Crippen molar-refractivity contribution in [3.63, 3.8) is 0 Å². The molecular weight excluding hydrogens is 380 g/mol. The minimum Gasteiger partial charge on any atom is -0.489 e. The molecule has 0 unspecified atom stereocenters. The molecule has 6 nitrogen and oxygen atoms in total. The predicted octanol–water partition coefficient (Wildman–Crippen LogP) is 4.48. The van der Waals surface area contributed by atoms with Gasteiger partial charge < -0.3 is 24.8 Å². The van der Waals surface area contributed by atoms with Gasteiger partial charge >= 0.3 is 0 Å². The maximum Gasteiger partial charge on any atom is 0.246 e. The van der Waals surface area contributed by atoms with Crippen LogP contribution in [0.5, 0.6) is 17.2 Å². The number of fused-ring (bicyclic) bond motifs is 1. The van der Waals surface area contributed by atoms with Gasteiger partial charge in [0.05, 0.1) is 0 Å². The fourth-order valence-corrected chi connectivity index (χ4v) is 3.07. The van der Waals surface area contributed by atoms with E-state index in [1.54, 1.807) is 0 Å². The van der Waals surface area contributed by atoms with E-state index in [1.807, 2.05) is 79.7 Å². The van der Waals surface area contributed by atoms with Gasteiger partial charge in [-0.1, -0.05) is 30.3 Å². The second-order valence-electron chi connectivity index (χ2n) is 7.01. The van der Waals surface area contributed by atoms with Crippen LogP contribution in [0.2, 0.25) is 0 Å². The van der Waals surface area contributed by atoms with Crippen molar-refractivity contribution in [1.29, 1.82) is 0 Å². The fourth-order valence-electron chi connectivity index (χ4n) is 3.07. The molecule has 0 aromatic heterocycles. The first-order valence-corrected chi connectivity index (χ1v) is 9.91. The van der Waals surface area contributed by atoms with Crippen molar-refractivity contribution < 1.29 is 19.0 Å². The number of carbonyl (C=O) groups excluding carboxylic acids is 1. The Morgan fingerprint density at radius 3 is 2.40 bits per heavy atom. The van der Waals surface area contributed by atoms with E-state index in [1.165, 1.54) is 0 Å². The van der Waals surface area contributed by atoms with Gasteiger partial charge in [0.1, 0.15) is 31.6 Å². The van der Waals surface area contributed by atoms with Gasteiger partial charge in [-0.05, 0) is 48.9 Å². The van der Waals surface area contributed by atoms with Crippen molar-refractivity contribution in [2.24, 2.45) is 0 Å². The van der Waals surface area contributed by atoms with Crippen LogP contribution in [0.4, 0.5) is 11.4 Å². The number of ether oxygens (including phenoxy) is 3. The lowest BCUT2D eigenvalue weighted by atomic mass is 10.2. The molecule has 1 aliphatic rings. The first-order chi connectivity index (χ1) is 14.7. The van der Waals surface area contributed by atoms with Crippen molar-refractivity contribution in [3.8, 4) is 17.2 Å². The maximum absolute atomic E-state index is 12.5. The average Bonchev–Trinajstić information content (AvgIpc) is 2.79. The average molecular weight is 404 g/mol. The topological polar surface area (TPSA) is 68.8 Å². The van der Waals surface area contributed by atoms with Crippen molar-refractivity contribution in [1.82, 2.24) is 0 Å². The number of hydrogen-bond acceptors (Lipinski definition) is 5. The molecule has 3 aromatic carbocycles. The minimum absolute atomic E-state index is 0.136. The van der Waals surface area contributed by atoms with Crippen LogP contribution >= 0.6 is 0 Å². The second-order valence-corrected chi connectivity index (χ2v) is 7.01. The first kappa shape index (κ1) is 19.6. The molecule has 4 rings (SSSR count). The Balaban J connectivity index is 1.29. The van der Waals surface area contributed by atoms with Gasteiger partial charge in [0.25, 0.3) is 0 Å². The van der Waals surface area contributed by atoms with Crippen LogP contribution in [0.1, 0.15) is 12.5 Å². The van der Waals surface area contributed by atoms with Gasteiger partial charge in [-0.3, -0.25) is 4.79 Å². The summed E-state index contributed by atoms with van der Waals surface area (Å²) in [7, 11) is 0. The molecule has 0 saturated heterocycles. The van der Waals surface area contributed by atoms with E-state index in [4.69, 9.17) is 14.2 Å². The number of nitrogens with one attached hydrogen (secondary N) is 2. The zero-order chi connectivity index (χ0) is 20.8. The van der Waals surface area contributed by atoms with Gasteiger partial charge in [-0.15, -0.1) is 0 Å². The summed E-state index contributed by atoms with van der Waals surface area (Å²) in [6.45, 7) is 3.39. The number of rotatable bonds is 7. The van der Waals surface area contributed by atoms with Crippen LogP contribution in [0, 0.1) is 0 Å². The van der Waals surface area contributed by atoms with Crippen LogP contribution < -0.4 is 24.8 Å². The molecule has 0 saturated carbocycles. The van der Waals surface area contributed by atoms with Crippen molar-refractivity contribution in [2.45, 2.75) is 19.6 Å². The Morgan fingerprint density at radius 1 is 0.933 bits per heavy atom. The third-order valence-corrected chi connectivity index (χ3v) is 4.69. The van der Waals surface area contributed by atoms with Crippen molar-refractivity contribution >= 4 is 17.3 Å². The summed E-state index contributed by atoms with van der Waals surface area (Å²) in [4.78, 5) is 12.5. The summed E-state index contributed by atoms with van der Waals surface area (Å²) < 4.78 is 16.9. The van der Waals surface area contributed by atoms with Crippen LogP contribution in [0.25, 0.3) is 0 Å². The highest BCUT2D eigenvalue weighted by Gasteiger charge is 2.16. The van der Waals surface area contributed by atoms with Gasteiger partial charge in [0.2, 0.25) is 5.91 Å². The van der Waals surface area contributed by atoms with E-state index in [0.717, 1.165) is 22.7 Å². The zero-order valence-corrected chi connectivity index (χ0v) is 16.8. The molecule has 1 aliphatic heterocycles. The lowest BCUT2D eigenvalue weighted by Gasteiger charge is -2.20. The molecule has 0 radical (unpaired) electrons. The van der Waals surface area contributed by atoms with Crippen molar-refractivity contribution in [2.75, 3.05) is 23.8 Å².